The van der Waals surface area contributed by atoms with E-state index in [4.69, 9.17) is 14.7 Å². The van der Waals surface area contributed by atoms with Crippen LogP contribution >= 0.6 is 11.3 Å². The number of methoxy groups -OCH3 is 2. The number of thiazole rings is 1. The van der Waals surface area contributed by atoms with Crippen molar-refractivity contribution >= 4 is 22.4 Å². The van der Waals surface area contributed by atoms with Crippen LogP contribution in [0.15, 0.2) is 24.4 Å². The van der Waals surface area contributed by atoms with Gasteiger partial charge in [0.05, 0.1) is 20.4 Å². The highest BCUT2D eigenvalue weighted by Gasteiger charge is 2.12. The fourth-order valence-electron chi connectivity index (χ4n) is 1.53. The van der Waals surface area contributed by atoms with Gasteiger partial charge >= 0.3 is 0 Å². The second-order valence-electron chi connectivity index (χ2n) is 3.67. The molecule has 0 saturated heterocycles. The first kappa shape index (κ1) is 13.8. The average Bonchev–Trinajstić information content (AvgIpc) is 2.94. The van der Waals surface area contributed by atoms with Crippen molar-refractivity contribution in [3.63, 3.8) is 0 Å². The van der Waals surface area contributed by atoms with E-state index in [1.165, 1.54) is 20.4 Å². The summed E-state index contributed by atoms with van der Waals surface area (Å²) < 4.78 is 10.2. The van der Waals surface area contributed by atoms with E-state index in [0.29, 0.717) is 27.1 Å². The Morgan fingerprint density at radius 2 is 2.10 bits per heavy atom. The summed E-state index contributed by atoms with van der Waals surface area (Å²) in [5.74, 6) is 0.687. The second kappa shape index (κ2) is 6.04. The van der Waals surface area contributed by atoms with Crippen LogP contribution in [0.5, 0.6) is 11.5 Å². The van der Waals surface area contributed by atoms with Crippen LogP contribution in [0.4, 0.5) is 5.13 Å². The minimum atomic E-state index is -0.329. The van der Waals surface area contributed by atoms with E-state index >= 15 is 0 Å². The Balaban J connectivity index is 2.19. The van der Waals surface area contributed by atoms with Crippen molar-refractivity contribution in [3.8, 4) is 17.6 Å². The predicted octanol–water partition coefficient (Wildman–Crippen LogP) is 2.28. The molecule has 102 valence electrons. The van der Waals surface area contributed by atoms with E-state index in [1.807, 2.05) is 6.07 Å². The van der Waals surface area contributed by atoms with Crippen LogP contribution in [-0.4, -0.2) is 25.1 Å². The third-order valence-corrected chi connectivity index (χ3v) is 3.30. The lowest BCUT2D eigenvalue weighted by Gasteiger charge is -2.09. The molecule has 0 aliphatic rings. The summed E-state index contributed by atoms with van der Waals surface area (Å²) in [6.07, 6.45) is 1.41. The molecule has 1 aromatic carbocycles. The molecule has 0 aliphatic heterocycles. The van der Waals surface area contributed by atoms with Gasteiger partial charge in [0, 0.05) is 5.56 Å². The molecule has 0 spiro atoms. The molecule has 1 amide bonds. The Labute approximate surface area is 119 Å². The quantitative estimate of drug-likeness (QED) is 0.933. The Hall–Kier alpha value is -2.59. The number of carbonyl (C=O) groups is 1. The van der Waals surface area contributed by atoms with E-state index < -0.39 is 0 Å². The summed E-state index contributed by atoms with van der Waals surface area (Å²) in [5, 5.41) is 11.7. The van der Waals surface area contributed by atoms with Crippen LogP contribution in [0.1, 0.15) is 15.2 Å². The Kier molecular flexibility index (Phi) is 4.17. The van der Waals surface area contributed by atoms with E-state index in [-0.39, 0.29) is 5.91 Å². The van der Waals surface area contributed by atoms with Crippen LogP contribution < -0.4 is 14.8 Å². The van der Waals surface area contributed by atoms with Gasteiger partial charge in [-0.15, -0.1) is 0 Å². The second-order valence-corrected chi connectivity index (χ2v) is 4.70. The topological polar surface area (TPSA) is 84.2 Å². The van der Waals surface area contributed by atoms with Gasteiger partial charge in [0.15, 0.2) is 16.6 Å². The van der Waals surface area contributed by atoms with Crippen molar-refractivity contribution < 1.29 is 14.3 Å². The molecule has 2 aromatic rings. The van der Waals surface area contributed by atoms with Gasteiger partial charge in [-0.3, -0.25) is 10.1 Å². The first-order valence-corrected chi connectivity index (χ1v) is 6.39. The molecule has 6 nitrogen and oxygen atoms in total. The van der Waals surface area contributed by atoms with Gasteiger partial charge in [0.1, 0.15) is 10.9 Å². The summed E-state index contributed by atoms with van der Waals surface area (Å²) in [6.45, 7) is 0. The normalized spacial score (nSPS) is 9.65. The highest BCUT2D eigenvalue weighted by molar-refractivity contribution is 7.16. The van der Waals surface area contributed by atoms with Gasteiger partial charge in [-0.1, -0.05) is 11.3 Å². The smallest absolute Gasteiger partial charge is 0.257 e. The van der Waals surface area contributed by atoms with Crippen molar-refractivity contribution in [2.45, 2.75) is 0 Å². The van der Waals surface area contributed by atoms with Gasteiger partial charge in [-0.25, -0.2) is 4.98 Å². The highest BCUT2D eigenvalue weighted by atomic mass is 32.1. The summed E-state index contributed by atoms with van der Waals surface area (Å²) in [7, 11) is 3.02. The standard InChI is InChI=1S/C13H11N3O3S/c1-18-10-4-3-8(5-11(10)19-2)12(17)16-13-15-7-9(6-14)20-13/h3-5,7H,1-2H3,(H,15,16,17). The van der Waals surface area contributed by atoms with E-state index in [0.717, 1.165) is 11.3 Å². The number of nitrogens with one attached hydrogen (secondary N) is 1. The first-order valence-electron chi connectivity index (χ1n) is 5.57. The van der Waals surface area contributed by atoms with Crippen LogP contribution in [0, 0.1) is 11.3 Å². The number of hydrogen-bond acceptors (Lipinski definition) is 6. The third kappa shape index (κ3) is 2.87. The number of carbonyl (C=O) groups excluding carboxylic acids is 1. The fraction of sp³-hybridized carbons (Fsp3) is 0.154. The zero-order chi connectivity index (χ0) is 14.5. The lowest BCUT2D eigenvalue weighted by atomic mass is 10.2. The number of amides is 1. The minimum Gasteiger partial charge on any atom is -0.493 e. The number of ether oxygens (including phenoxy) is 2. The number of aromatic nitrogens is 1. The van der Waals surface area contributed by atoms with E-state index in [2.05, 4.69) is 10.3 Å². The minimum absolute atomic E-state index is 0.329. The molecular formula is C13H11N3O3S. The number of nitriles is 1. The van der Waals surface area contributed by atoms with E-state index in [9.17, 15) is 4.79 Å². The molecule has 1 N–H and O–H groups in total. The van der Waals surface area contributed by atoms with Crippen LogP contribution in [0.25, 0.3) is 0 Å². The van der Waals surface area contributed by atoms with Crippen molar-refractivity contribution in [3.05, 3.63) is 34.8 Å². The van der Waals surface area contributed by atoms with Crippen molar-refractivity contribution in [2.75, 3.05) is 19.5 Å². The van der Waals surface area contributed by atoms with Crippen LogP contribution in [0.2, 0.25) is 0 Å². The molecule has 2 rings (SSSR count). The zero-order valence-electron chi connectivity index (χ0n) is 10.8. The van der Waals surface area contributed by atoms with E-state index in [1.54, 1.807) is 18.2 Å². The molecule has 0 saturated carbocycles. The summed E-state index contributed by atoms with van der Waals surface area (Å²) in [5.41, 5.74) is 0.413. The number of nitrogens with zero attached hydrogens (tertiary/aromatic N) is 2. The monoisotopic (exact) mass is 289 g/mol. The molecule has 0 unspecified atom stereocenters. The molecule has 20 heavy (non-hydrogen) atoms. The zero-order valence-corrected chi connectivity index (χ0v) is 11.7. The molecule has 0 aliphatic carbocycles. The van der Waals surface area contributed by atoms with Gasteiger partial charge in [-0.2, -0.15) is 5.26 Å². The fourth-order valence-corrected chi connectivity index (χ4v) is 2.14. The van der Waals surface area contributed by atoms with Gasteiger partial charge in [0.2, 0.25) is 0 Å². The summed E-state index contributed by atoms with van der Waals surface area (Å²) >= 11 is 1.11. The highest BCUT2D eigenvalue weighted by Crippen LogP contribution is 2.28. The van der Waals surface area contributed by atoms with Crippen molar-refractivity contribution in [1.29, 1.82) is 5.26 Å². The number of hydrogen-bond donors (Lipinski definition) is 1. The Morgan fingerprint density at radius 1 is 1.35 bits per heavy atom. The number of rotatable bonds is 4. The predicted molar refractivity (Wildman–Crippen MR) is 74.3 cm³/mol. The van der Waals surface area contributed by atoms with Crippen LogP contribution in [-0.2, 0) is 0 Å². The molecule has 1 aromatic heterocycles. The molecule has 7 heteroatoms. The summed E-state index contributed by atoms with van der Waals surface area (Å²) in [4.78, 5) is 16.4. The molecule has 0 bridgehead atoms. The van der Waals surface area contributed by atoms with Gasteiger partial charge < -0.3 is 9.47 Å². The van der Waals surface area contributed by atoms with Crippen LogP contribution in [0.3, 0.4) is 0 Å². The molecular weight excluding hydrogens is 278 g/mol. The first-order chi connectivity index (χ1) is 9.67. The molecule has 0 atom stereocenters. The van der Waals surface area contributed by atoms with Crippen molar-refractivity contribution in [2.24, 2.45) is 0 Å². The van der Waals surface area contributed by atoms with Gasteiger partial charge in [0.25, 0.3) is 5.91 Å². The maximum Gasteiger partial charge on any atom is 0.257 e. The maximum absolute atomic E-state index is 12.1. The molecule has 0 radical (unpaired) electrons. The third-order valence-electron chi connectivity index (χ3n) is 2.48. The molecule has 1 heterocycles. The maximum atomic E-state index is 12.1. The average molecular weight is 289 g/mol. The largest absolute Gasteiger partial charge is 0.493 e. The SMILES string of the molecule is COc1ccc(C(=O)Nc2ncc(C#N)s2)cc1OC. The van der Waals surface area contributed by atoms with Gasteiger partial charge in [-0.05, 0) is 18.2 Å². The lowest BCUT2D eigenvalue weighted by molar-refractivity contribution is 0.102. The Bertz CT molecular complexity index is 676. The lowest BCUT2D eigenvalue weighted by Crippen LogP contribution is -2.11. The number of benzene rings is 1. The number of anilines is 1. The summed E-state index contributed by atoms with van der Waals surface area (Å²) in [6, 6.07) is 6.81. The van der Waals surface area contributed by atoms with Crippen molar-refractivity contribution in [1.82, 2.24) is 4.98 Å². The Morgan fingerprint density at radius 3 is 2.70 bits per heavy atom. The molecule has 0 fully saturated rings.